The van der Waals surface area contributed by atoms with Gasteiger partial charge in [0.05, 0.1) is 14.2 Å². The van der Waals surface area contributed by atoms with Crippen LogP contribution in [0.15, 0.2) is 97.1 Å². The minimum absolute atomic E-state index is 0.753. The van der Waals surface area contributed by atoms with Gasteiger partial charge in [-0.25, -0.2) is 0 Å². The number of piperidine rings is 1. The fourth-order valence-corrected chi connectivity index (χ4v) is 6.52. The fourth-order valence-electron chi connectivity index (χ4n) is 6.52. The van der Waals surface area contributed by atoms with Crippen molar-refractivity contribution in [3.8, 4) is 17.2 Å². The zero-order valence-corrected chi connectivity index (χ0v) is 23.0. The van der Waals surface area contributed by atoms with Crippen LogP contribution in [0.5, 0.6) is 17.2 Å². The average molecular weight is 528 g/mol. The van der Waals surface area contributed by atoms with E-state index in [9.17, 15) is 0 Å². The molecule has 0 radical (unpaired) electrons. The van der Waals surface area contributed by atoms with Crippen molar-refractivity contribution in [2.24, 2.45) is 0 Å². The van der Waals surface area contributed by atoms with E-state index in [-0.39, 0.29) is 0 Å². The zero-order valence-electron chi connectivity index (χ0n) is 23.0. The van der Waals surface area contributed by atoms with Crippen LogP contribution in [0.25, 0.3) is 27.6 Å². The molecular formula is C36H33NO3. The quantitative estimate of drug-likeness (QED) is 0.215. The number of hydrogen-bond donors (Lipinski definition) is 0. The molecule has 7 rings (SSSR count). The maximum atomic E-state index is 7.07. The summed E-state index contributed by atoms with van der Waals surface area (Å²) in [6.45, 7) is 2.25. The second kappa shape index (κ2) is 9.95. The van der Waals surface area contributed by atoms with Crippen LogP contribution in [0.1, 0.15) is 36.0 Å². The van der Waals surface area contributed by atoms with E-state index in [4.69, 9.17) is 14.2 Å². The van der Waals surface area contributed by atoms with Crippen LogP contribution in [0.2, 0.25) is 0 Å². The summed E-state index contributed by atoms with van der Waals surface area (Å²) < 4.78 is 19.1. The van der Waals surface area contributed by atoms with Crippen molar-refractivity contribution >= 4 is 33.3 Å². The monoisotopic (exact) mass is 527 g/mol. The first-order valence-electron chi connectivity index (χ1n) is 14.1. The van der Waals surface area contributed by atoms with Crippen LogP contribution in [0, 0.1) is 0 Å². The summed E-state index contributed by atoms with van der Waals surface area (Å²) in [5.41, 5.74) is 3.71. The highest BCUT2D eigenvalue weighted by Crippen LogP contribution is 2.50. The minimum atomic E-state index is -0.753. The predicted octanol–water partition coefficient (Wildman–Crippen LogP) is 8.35. The molecule has 0 aliphatic carbocycles. The van der Waals surface area contributed by atoms with Crippen molar-refractivity contribution in [3.63, 3.8) is 0 Å². The van der Waals surface area contributed by atoms with Gasteiger partial charge in [-0.05, 0) is 55.7 Å². The Hall–Kier alpha value is -4.44. The Labute approximate surface area is 235 Å². The van der Waals surface area contributed by atoms with E-state index < -0.39 is 5.60 Å². The Morgan fingerprint density at radius 2 is 1.30 bits per heavy atom. The SMILES string of the molecule is COc1c2ccccc2c(OC)c2c3c(ccc12)OC(c1ccccc1)(c1ccc(N2CCCCC2)cc1)C=C3. The molecule has 4 nitrogen and oxygen atoms in total. The lowest BCUT2D eigenvalue weighted by Crippen LogP contribution is -2.34. The van der Waals surface area contributed by atoms with Crippen LogP contribution >= 0.6 is 0 Å². The standard InChI is InChI=1S/C36H33NO3/c1-38-34-28-13-7-8-14-29(28)35(39-2)33-30-21-22-36(25-11-5-3-6-12-25,40-32(30)20-19-31(33)34)26-15-17-27(18-16-26)37-23-9-4-10-24-37/h3,5-8,11-22H,4,9-10,23-24H2,1-2H3. The van der Waals surface area contributed by atoms with Crippen molar-refractivity contribution in [1.29, 1.82) is 0 Å². The van der Waals surface area contributed by atoms with E-state index in [0.717, 1.165) is 68.6 Å². The van der Waals surface area contributed by atoms with Gasteiger partial charge in [0.15, 0.2) is 5.60 Å². The van der Waals surface area contributed by atoms with E-state index >= 15 is 0 Å². The third-order valence-electron chi connectivity index (χ3n) is 8.48. The maximum Gasteiger partial charge on any atom is 0.178 e. The molecule has 4 heteroatoms. The largest absolute Gasteiger partial charge is 0.495 e. The summed E-state index contributed by atoms with van der Waals surface area (Å²) in [7, 11) is 3.46. The first-order valence-corrected chi connectivity index (χ1v) is 14.1. The Balaban J connectivity index is 1.41. The molecule has 0 spiro atoms. The zero-order chi connectivity index (χ0) is 27.1. The molecule has 0 aromatic heterocycles. The number of methoxy groups -OCH3 is 2. The molecule has 5 aromatic carbocycles. The van der Waals surface area contributed by atoms with Gasteiger partial charge >= 0.3 is 0 Å². The van der Waals surface area contributed by atoms with Gasteiger partial charge in [0.2, 0.25) is 0 Å². The summed E-state index contributed by atoms with van der Waals surface area (Å²) >= 11 is 0. The molecule has 1 fully saturated rings. The number of ether oxygens (including phenoxy) is 3. The smallest absolute Gasteiger partial charge is 0.178 e. The van der Waals surface area contributed by atoms with Gasteiger partial charge < -0.3 is 19.1 Å². The highest BCUT2D eigenvalue weighted by molar-refractivity contribution is 6.14. The Bertz CT molecular complexity index is 1720. The maximum absolute atomic E-state index is 7.07. The van der Waals surface area contributed by atoms with Gasteiger partial charge in [0.25, 0.3) is 0 Å². The molecule has 200 valence electrons. The highest BCUT2D eigenvalue weighted by Gasteiger charge is 2.38. The first-order chi connectivity index (χ1) is 19.7. The Morgan fingerprint density at radius 3 is 2.00 bits per heavy atom. The number of anilines is 1. The summed E-state index contributed by atoms with van der Waals surface area (Å²) in [5, 5.41) is 4.05. The van der Waals surface area contributed by atoms with Crippen molar-refractivity contribution < 1.29 is 14.2 Å². The lowest BCUT2D eigenvalue weighted by atomic mass is 9.82. The molecule has 1 atom stereocenters. The van der Waals surface area contributed by atoms with Gasteiger partial charge in [-0.15, -0.1) is 0 Å². The van der Waals surface area contributed by atoms with Gasteiger partial charge in [-0.3, -0.25) is 0 Å². The van der Waals surface area contributed by atoms with E-state index in [1.165, 1.54) is 24.9 Å². The minimum Gasteiger partial charge on any atom is -0.495 e. The van der Waals surface area contributed by atoms with Crippen molar-refractivity contribution in [2.75, 3.05) is 32.2 Å². The Morgan fingerprint density at radius 1 is 0.650 bits per heavy atom. The van der Waals surface area contributed by atoms with E-state index in [1.54, 1.807) is 14.2 Å². The Kier molecular flexibility index (Phi) is 6.11. The van der Waals surface area contributed by atoms with Crippen LogP contribution in [-0.4, -0.2) is 27.3 Å². The van der Waals surface area contributed by atoms with Crippen molar-refractivity contribution in [1.82, 2.24) is 0 Å². The van der Waals surface area contributed by atoms with Gasteiger partial charge in [-0.1, -0.05) is 66.7 Å². The van der Waals surface area contributed by atoms with Crippen LogP contribution in [0.4, 0.5) is 5.69 Å². The highest BCUT2D eigenvalue weighted by atomic mass is 16.5. The molecule has 2 aliphatic rings. The van der Waals surface area contributed by atoms with Gasteiger partial charge in [0.1, 0.15) is 17.2 Å². The third kappa shape index (κ3) is 3.82. The normalized spacial score (nSPS) is 18.4. The average Bonchev–Trinajstić information content (AvgIpc) is 3.04. The summed E-state index contributed by atoms with van der Waals surface area (Å²) in [6, 6.07) is 31.8. The number of nitrogens with zero attached hydrogens (tertiary/aromatic N) is 1. The van der Waals surface area contributed by atoms with Crippen molar-refractivity contribution in [2.45, 2.75) is 24.9 Å². The van der Waals surface area contributed by atoms with E-state index in [2.05, 4.69) is 89.8 Å². The van der Waals surface area contributed by atoms with Crippen LogP contribution < -0.4 is 19.1 Å². The summed E-state index contributed by atoms with van der Waals surface area (Å²) in [6.07, 6.45) is 8.24. The number of fused-ring (bicyclic) bond motifs is 4. The number of hydrogen-bond acceptors (Lipinski definition) is 4. The third-order valence-corrected chi connectivity index (χ3v) is 8.48. The summed E-state index contributed by atoms with van der Waals surface area (Å²) in [5.74, 6) is 2.49. The predicted molar refractivity (Wildman–Crippen MR) is 164 cm³/mol. The summed E-state index contributed by atoms with van der Waals surface area (Å²) in [4.78, 5) is 2.49. The molecule has 40 heavy (non-hydrogen) atoms. The van der Waals surface area contributed by atoms with E-state index in [1.807, 2.05) is 18.2 Å². The second-order valence-corrected chi connectivity index (χ2v) is 10.6. The molecule has 0 saturated carbocycles. The molecule has 1 unspecified atom stereocenters. The lowest BCUT2D eigenvalue weighted by Gasteiger charge is -2.37. The van der Waals surface area contributed by atoms with Crippen molar-refractivity contribution in [3.05, 3.63) is 114 Å². The van der Waals surface area contributed by atoms with Crippen LogP contribution in [0.3, 0.4) is 0 Å². The second-order valence-electron chi connectivity index (χ2n) is 10.6. The van der Waals surface area contributed by atoms with Gasteiger partial charge in [0, 0.05) is 57.0 Å². The molecule has 5 aromatic rings. The molecule has 0 amide bonds. The van der Waals surface area contributed by atoms with Crippen LogP contribution in [-0.2, 0) is 5.60 Å². The first kappa shape index (κ1) is 24.6. The molecule has 1 saturated heterocycles. The fraction of sp³-hybridized carbons (Fsp3) is 0.222. The number of rotatable bonds is 5. The van der Waals surface area contributed by atoms with E-state index in [0.29, 0.717) is 0 Å². The topological polar surface area (TPSA) is 30.9 Å². The molecular weight excluding hydrogens is 494 g/mol. The molecule has 0 N–H and O–H groups in total. The number of benzene rings is 5. The molecule has 2 heterocycles. The molecule has 0 bridgehead atoms. The van der Waals surface area contributed by atoms with Gasteiger partial charge in [-0.2, -0.15) is 0 Å². The molecule has 2 aliphatic heterocycles. The lowest BCUT2D eigenvalue weighted by molar-refractivity contribution is 0.161.